The van der Waals surface area contributed by atoms with Gasteiger partial charge in [0.15, 0.2) is 12.4 Å². The zero-order chi connectivity index (χ0) is 15.6. The van der Waals surface area contributed by atoms with Gasteiger partial charge in [-0.3, -0.25) is 24.6 Å². The van der Waals surface area contributed by atoms with Gasteiger partial charge in [-0.05, 0) is 12.5 Å². The van der Waals surface area contributed by atoms with Crippen LogP contribution in [0.25, 0.3) is 0 Å². The zero-order valence-corrected chi connectivity index (χ0v) is 11.9. The number of hydrogen-bond acceptors (Lipinski definition) is 5. The molecule has 0 N–H and O–H groups in total. The van der Waals surface area contributed by atoms with E-state index in [4.69, 9.17) is 4.74 Å². The van der Waals surface area contributed by atoms with Gasteiger partial charge in [0.1, 0.15) is 5.75 Å². The highest BCUT2D eigenvalue weighted by Crippen LogP contribution is 2.35. The summed E-state index contributed by atoms with van der Waals surface area (Å²) in [5.41, 5.74) is 0.130. The molecular formula is C14H16N2O5. The lowest BCUT2D eigenvalue weighted by Gasteiger charge is -2.29. The third-order valence-electron chi connectivity index (χ3n) is 3.57. The molecule has 1 aliphatic heterocycles. The maximum Gasteiger partial charge on any atom is 0.271 e. The molecule has 1 unspecified atom stereocenters. The molecule has 1 atom stereocenters. The molecule has 7 heteroatoms. The number of benzene rings is 1. The number of fused-ring (bicyclic) bond motifs is 1. The number of hydrogen-bond donors (Lipinski definition) is 0. The van der Waals surface area contributed by atoms with Crippen molar-refractivity contribution in [2.45, 2.75) is 20.3 Å². The van der Waals surface area contributed by atoms with Crippen molar-refractivity contribution >= 4 is 23.1 Å². The molecule has 0 saturated carbocycles. The number of Topliss-reactive ketones (excluding diaryl/α,β-unsaturated/α-hetero) is 1. The van der Waals surface area contributed by atoms with E-state index >= 15 is 0 Å². The number of ether oxygens (including phenoxy) is 1. The highest BCUT2D eigenvalue weighted by molar-refractivity contribution is 6.03. The molecule has 0 bridgehead atoms. The van der Waals surface area contributed by atoms with E-state index in [1.807, 2.05) is 6.92 Å². The van der Waals surface area contributed by atoms with Gasteiger partial charge < -0.3 is 4.74 Å². The molecule has 1 heterocycles. The van der Waals surface area contributed by atoms with Crippen molar-refractivity contribution in [3.8, 4) is 5.75 Å². The molecule has 21 heavy (non-hydrogen) atoms. The lowest BCUT2D eigenvalue weighted by molar-refractivity contribution is -0.384. The first-order chi connectivity index (χ1) is 9.93. The van der Waals surface area contributed by atoms with Crippen LogP contribution in [0.1, 0.15) is 20.3 Å². The summed E-state index contributed by atoms with van der Waals surface area (Å²) in [6, 6.07) is 4.01. The van der Waals surface area contributed by atoms with E-state index in [1.54, 1.807) is 6.92 Å². The van der Waals surface area contributed by atoms with E-state index in [0.29, 0.717) is 12.2 Å². The minimum absolute atomic E-state index is 0.0785. The Hall–Kier alpha value is -2.44. The Morgan fingerprint density at radius 1 is 1.52 bits per heavy atom. The number of nitrogens with zero attached hydrogens (tertiary/aromatic N) is 2. The van der Waals surface area contributed by atoms with Crippen LogP contribution in [-0.2, 0) is 9.59 Å². The van der Waals surface area contributed by atoms with Gasteiger partial charge in [0.05, 0.1) is 17.2 Å². The summed E-state index contributed by atoms with van der Waals surface area (Å²) in [6.07, 6.45) is 0.680. The van der Waals surface area contributed by atoms with Crippen molar-refractivity contribution < 1.29 is 19.2 Å². The molecule has 0 aliphatic carbocycles. The third kappa shape index (κ3) is 3.01. The fourth-order valence-electron chi connectivity index (χ4n) is 2.02. The van der Waals surface area contributed by atoms with Crippen molar-refractivity contribution in [3.05, 3.63) is 28.3 Å². The number of carbonyl (C=O) groups is 2. The van der Waals surface area contributed by atoms with E-state index < -0.39 is 4.92 Å². The van der Waals surface area contributed by atoms with E-state index in [2.05, 4.69) is 0 Å². The summed E-state index contributed by atoms with van der Waals surface area (Å²) >= 11 is 0. The summed E-state index contributed by atoms with van der Waals surface area (Å²) in [6.45, 7) is 3.42. The van der Waals surface area contributed by atoms with Crippen molar-refractivity contribution in [2.75, 3.05) is 18.1 Å². The SMILES string of the molecule is CCC(C)C(=O)CN1C(=O)COc2ccc([N+](=O)[O-])cc21. The number of nitro groups is 1. The summed E-state index contributed by atoms with van der Waals surface area (Å²) < 4.78 is 5.24. The summed E-state index contributed by atoms with van der Waals surface area (Å²) in [4.78, 5) is 35.6. The Morgan fingerprint density at radius 3 is 2.86 bits per heavy atom. The number of nitro benzene ring substituents is 1. The van der Waals surface area contributed by atoms with Crippen LogP contribution in [0.15, 0.2) is 18.2 Å². The Balaban J connectivity index is 2.34. The van der Waals surface area contributed by atoms with Gasteiger partial charge in [-0.1, -0.05) is 13.8 Å². The second-order valence-electron chi connectivity index (χ2n) is 4.95. The molecule has 0 radical (unpaired) electrons. The normalized spacial score (nSPS) is 15.1. The van der Waals surface area contributed by atoms with Crippen LogP contribution < -0.4 is 9.64 Å². The van der Waals surface area contributed by atoms with Crippen molar-refractivity contribution in [3.63, 3.8) is 0 Å². The Morgan fingerprint density at radius 2 is 2.24 bits per heavy atom. The van der Waals surface area contributed by atoms with Crippen LogP contribution >= 0.6 is 0 Å². The van der Waals surface area contributed by atoms with Crippen LogP contribution in [0.5, 0.6) is 5.75 Å². The molecule has 2 rings (SSSR count). The van der Waals surface area contributed by atoms with Crippen molar-refractivity contribution in [1.29, 1.82) is 0 Å². The van der Waals surface area contributed by atoms with E-state index in [1.165, 1.54) is 23.1 Å². The second kappa shape index (κ2) is 5.90. The molecule has 1 aromatic rings. The van der Waals surface area contributed by atoms with Gasteiger partial charge >= 0.3 is 0 Å². The topological polar surface area (TPSA) is 89.8 Å². The fourth-order valence-corrected chi connectivity index (χ4v) is 2.02. The predicted octanol–water partition coefficient (Wildman–Crippen LogP) is 1.94. The Kier molecular flexibility index (Phi) is 4.21. The average molecular weight is 292 g/mol. The van der Waals surface area contributed by atoms with Gasteiger partial charge in [-0.25, -0.2) is 0 Å². The van der Waals surface area contributed by atoms with Crippen LogP contribution in [0.2, 0.25) is 0 Å². The molecule has 1 aromatic carbocycles. The number of amides is 1. The van der Waals surface area contributed by atoms with Crippen LogP contribution in [0.4, 0.5) is 11.4 Å². The zero-order valence-electron chi connectivity index (χ0n) is 11.9. The molecule has 1 amide bonds. The maximum absolute atomic E-state index is 12.0. The highest BCUT2D eigenvalue weighted by Gasteiger charge is 2.29. The van der Waals surface area contributed by atoms with E-state index in [-0.39, 0.29) is 42.1 Å². The van der Waals surface area contributed by atoms with Gasteiger partial charge in [-0.2, -0.15) is 0 Å². The molecule has 0 spiro atoms. The quantitative estimate of drug-likeness (QED) is 0.611. The monoisotopic (exact) mass is 292 g/mol. The van der Waals surface area contributed by atoms with Crippen LogP contribution in [0.3, 0.4) is 0 Å². The van der Waals surface area contributed by atoms with Crippen LogP contribution in [0, 0.1) is 16.0 Å². The smallest absolute Gasteiger partial charge is 0.271 e. The Labute approximate surface area is 121 Å². The largest absolute Gasteiger partial charge is 0.482 e. The predicted molar refractivity (Wildman–Crippen MR) is 75.4 cm³/mol. The summed E-state index contributed by atoms with van der Waals surface area (Å²) in [7, 11) is 0. The van der Waals surface area contributed by atoms with E-state index in [9.17, 15) is 19.7 Å². The molecule has 0 saturated heterocycles. The van der Waals surface area contributed by atoms with Gasteiger partial charge in [0.25, 0.3) is 11.6 Å². The average Bonchev–Trinajstić information content (AvgIpc) is 2.48. The molecule has 0 aromatic heterocycles. The number of carbonyl (C=O) groups excluding carboxylic acids is 2. The fraction of sp³-hybridized carbons (Fsp3) is 0.429. The standard InChI is InChI=1S/C14H16N2O5/c1-3-9(2)12(17)7-15-11-6-10(16(19)20)4-5-13(11)21-8-14(15)18/h4-6,9H,3,7-8H2,1-2H3. The molecular weight excluding hydrogens is 276 g/mol. The summed E-state index contributed by atoms with van der Waals surface area (Å²) in [5, 5.41) is 10.8. The van der Waals surface area contributed by atoms with Crippen molar-refractivity contribution in [2.24, 2.45) is 5.92 Å². The first-order valence-corrected chi connectivity index (χ1v) is 6.68. The Bertz CT molecular complexity index is 599. The third-order valence-corrected chi connectivity index (χ3v) is 3.57. The van der Waals surface area contributed by atoms with Gasteiger partial charge in [0, 0.05) is 18.1 Å². The second-order valence-corrected chi connectivity index (χ2v) is 4.95. The number of non-ortho nitro benzene ring substituents is 1. The summed E-state index contributed by atoms with van der Waals surface area (Å²) in [5.74, 6) is -0.246. The van der Waals surface area contributed by atoms with Crippen molar-refractivity contribution in [1.82, 2.24) is 0 Å². The molecule has 0 fully saturated rings. The molecule has 1 aliphatic rings. The minimum atomic E-state index is -0.548. The van der Waals surface area contributed by atoms with Gasteiger partial charge in [-0.15, -0.1) is 0 Å². The van der Waals surface area contributed by atoms with Crippen LogP contribution in [-0.4, -0.2) is 29.8 Å². The minimum Gasteiger partial charge on any atom is -0.482 e. The highest BCUT2D eigenvalue weighted by atomic mass is 16.6. The maximum atomic E-state index is 12.0. The van der Waals surface area contributed by atoms with E-state index in [0.717, 1.165) is 0 Å². The van der Waals surface area contributed by atoms with Gasteiger partial charge in [0.2, 0.25) is 0 Å². The number of rotatable bonds is 5. The first kappa shape index (κ1) is 15.0. The molecule has 112 valence electrons. The lowest BCUT2D eigenvalue weighted by atomic mass is 10.0. The first-order valence-electron chi connectivity index (χ1n) is 6.68. The molecule has 7 nitrogen and oxygen atoms in total. The number of anilines is 1. The lowest BCUT2D eigenvalue weighted by Crippen LogP contribution is -2.43. The number of ketones is 1.